The van der Waals surface area contributed by atoms with E-state index in [1.807, 2.05) is 36.4 Å². The van der Waals surface area contributed by atoms with Crippen molar-refractivity contribution < 1.29 is 14.3 Å². The van der Waals surface area contributed by atoms with Crippen molar-refractivity contribution in [3.8, 4) is 17.6 Å². The van der Waals surface area contributed by atoms with Crippen molar-refractivity contribution >= 4 is 5.84 Å². The highest BCUT2D eigenvalue weighted by atomic mass is 16.6. The van der Waals surface area contributed by atoms with E-state index in [9.17, 15) is 0 Å². The highest BCUT2D eigenvalue weighted by Gasteiger charge is 1.97. The number of amidine groups is 1. The summed E-state index contributed by atoms with van der Waals surface area (Å²) in [6.07, 6.45) is 0. The molecular formula is C17H17N3O3. The summed E-state index contributed by atoms with van der Waals surface area (Å²) in [7, 11) is 0. The molecule has 0 aliphatic rings. The maximum Gasteiger partial charge on any atom is 0.177 e. The van der Waals surface area contributed by atoms with Gasteiger partial charge in [0.2, 0.25) is 0 Å². The molecule has 0 amide bonds. The fourth-order valence-electron chi connectivity index (χ4n) is 1.65. The molecule has 0 aromatic heterocycles. The van der Waals surface area contributed by atoms with Crippen LogP contribution in [0.5, 0.6) is 11.5 Å². The average Bonchev–Trinajstić information content (AvgIpc) is 2.61. The molecule has 0 spiro atoms. The maximum absolute atomic E-state index is 8.70. The predicted molar refractivity (Wildman–Crippen MR) is 86.2 cm³/mol. The smallest absolute Gasteiger partial charge is 0.177 e. The van der Waals surface area contributed by atoms with Crippen molar-refractivity contribution in [2.75, 3.05) is 19.8 Å². The van der Waals surface area contributed by atoms with E-state index in [0.29, 0.717) is 17.9 Å². The van der Waals surface area contributed by atoms with Gasteiger partial charge in [0.1, 0.15) is 24.7 Å². The van der Waals surface area contributed by atoms with Crippen LogP contribution in [0.4, 0.5) is 0 Å². The van der Waals surface area contributed by atoms with Gasteiger partial charge < -0.3 is 20.0 Å². The highest BCUT2D eigenvalue weighted by molar-refractivity contribution is 5.81. The summed E-state index contributed by atoms with van der Waals surface area (Å²) in [4.78, 5) is 5.06. The number of oxime groups is 1. The first-order valence-corrected chi connectivity index (χ1v) is 7.03. The molecule has 0 bridgehead atoms. The van der Waals surface area contributed by atoms with Crippen molar-refractivity contribution in [3.05, 3.63) is 60.2 Å². The van der Waals surface area contributed by atoms with E-state index >= 15 is 0 Å². The number of nitriles is 1. The topological polar surface area (TPSA) is 89.9 Å². The van der Waals surface area contributed by atoms with Crippen LogP contribution >= 0.6 is 0 Å². The number of hydrogen-bond acceptors (Lipinski definition) is 5. The minimum Gasteiger partial charge on any atom is -0.490 e. The largest absolute Gasteiger partial charge is 0.490 e. The quantitative estimate of drug-likeness (QED) is 0.350. The molecule has 0 radical (unpaired) electrons. The number of nitrogens with two attached hydrogens (primary N) is 1. The lowest BCUT2D eigenvalue weighted by atomic mass is 10.2. The summed E-state index contributed by atoms with van der Waals surface area (Å²) in [6.45, 7) is 0.731. The Kier molecular flexibility index (Phi) is 6.29. The molecule has 23 heavy (non-hydrogen) atoms. The Hall–Kier alpha value is -3.20. The van der Waals surface area contributed by atoms with E-state index in [1.165, 1.54) is 0 Å². The molecule has 118 valence electrons. The van der Waals surface area contributed by atoms with Gasteiger partial charge in [-0.25, -0.2) is 0 Å². The van der Waals surface area contributed by atoms with Crippen molar-refractivity contribution in [2.45, 2.75) is 0 Å². The Balaban J connectivity index is 1.62. The highest BCUT2D eigenvalue weighted by Crippen LogP contribution is 2.11. The molecule has 2 N–H and O–H groups in total. The number of nitrogens with zero attached hydrogens (tertiary/aromatic N) is 2. The first-order valence-electron chi connectivity index (χ1n) is 7.03. The minimum absolute atomic E-state index is 0.153. The van der Waals surface area contributed by atoms with Gasteiger partial charge >= 0.3 is 0 Å². The van der Waals surface area contributed by atoms with Gasteiger partial charge in [0, 0.05) is 0 Å². The monoisotopic (exact) mass is 311 g/mol. The van der Waals surface area contributed by atoms with E-state index in [4.69, 9.17) is 25.3 Å². The van der Waals surface area contributed by atoms with Crippen LogP contribution in [-0.2, 0) is 4.84 Å². The van der Waals surface area contributed by atoms with Gasteiger partial charge in [0.15, 0.2) is 12.4 Å². The predicted octanol–water partition coefficient (Wildman–Crippen LogP) is 2.30. The van der Waals surface area contributed by atoms with Crippen molar-refractivity contribution in [1.82, 2.24) is 0 Å². The van der Waals surface area contributed by atoms with Gasteiger partial charge in [-0.3, -0.25) is 0 Å². The molecule has 6 heteroatoms. The van der Waals surface area contributed by atoms with Gasteiger partial charge in [0.05, 0.1) is 11.6 Å². The van der Waals surface area contributed by atoms with Crippen LogP contribution in [0.15, 0.2) is 59.8 Å². The third kappa shape index (κ3) is 5.98. The minimum atomic E-state index is 0.153. The standard InChI is InChI=1S/C17H17N3O3/c18-12-14-6-8-16(9-7-14)21-10-11-23-20-17(19)13-22-15-4-2-1-3-5-15/h1-9H,10-11,13H2,(H2,19,20). The van der Waals surface area contributed by atoms with Gasteiger partial charge in [-0.1, -0.05) is 23.4 Å². The zero-order valence-electron chi connectivity index (χ0n) is 12.5. The molecule has 2 aromatic carbocycles. The molecule has 0 saturated carbocycles. The van der Waals surface area contributed by atoms with Crippen LogP contribution in [-0.4, -0.2) is 25.7 Å². The fourth-order valence-corrected chi connectivity index (χ4v) is 1.65. The lowest BCUT2D eigenvalue weighted by molar-refractivity contribution is 0.105. The van der Waals surface area contributed by atoms with E-state index in [1.54, 1.807) is 24.3 Å². The lowest BCUT2D eigenvalue weighted by Gasteiger charge is -2.07. The van der Waals surface area contributed by atoms with Crippen LogP contribution in [0, 0.1) is 11.3 Å². The molecule has 0 unspecified atom stereocenters. The van der Waals surface area contributed by atoms with Crippen LogP contribution in [0.3, 0.4) is 0 Å². The molecular weight excluding hydrogens is 294 g/mol. The first-order chi connectivity index (χ1) is 11.3. The van der Waals surface area contributed by atoms with Gasteiger partial charge in [-0.2, -0.15) is 5.26 Å². The molecule has 0 heterocycles. The van der Waals surface area contributed by atoms with Gasteiger partial charge in [0.25, 0.3) is 0 Å². The van der Waals surface area contributed by atoms with Crippen molar-refractivity contribution in [2.24, 2.45) is 10.9 Å². The summed E-state index contributed by atoms with van der Waals surface area (Å²) in [6, 6.07) is 18.2. The summed E-state index contributed by atoms with van der Waals surface area (Å²) in [5, 5.41) is 12.4. The second-order valence-electron chi connectivity index (χ2n) is 4.50. The SMILES string of the molecule is N#Cc1ccc(OCCON=C(N)COc2ccccc2)cc1. The van der Waals surface area contributed by atoms with Crippen LogP contribution in [0.2, 0.25) is 0 Å². The van der Waals surface area contributed by atoms with Crippen LogP contribution < -0.4 is 15.2 Å². The van der Waals surface area contributed by atoms with Crippen molar-refractivity contribution in [3.63, 3.8) is 0 Å². The number of hydrogen-bond donors (Lipinski definition) is 1. The molecule has 0 saturated heterocycles. The first kappa shape index (κ1) is 16.2. The van der Waals surface area contributed by atoms with E-state index in [2.05, 4.69) is 5.16 Å². The molecule has 0 fully saturated rings. The molecule has 6 nitrogen and oxygen atoms in total. The number of rotatable bonds is 8. The number of benzene rings is 2. The summed E-state index contributed by atoms with van der Waals surface area (Å²) in [5.41, 5.74) is 6.26. The summed E-state index contributed by atoms with van der Waals surface area (Å²) < 4.78 is 10.9. The van der Waals surface area contributed by atoms with Gasteiger partial charge in [-0.05, 0) is 36.4 Å². The van der Waals surface area contributed by atoms with Gasteiger partial charge in [-0.15, -0.1) is 0 Å². The Bertz CT molecular complexity index is 664. The Labute approximate surface area is 134 Å². The average molecular weight is 311 g/mol. The maximum atomic E-state index is 8.70. The Morgan fingerprint density at radius 3 is 2.35 bits per heavy atom. The normalized spacial score (nSPS) is 10.7. The molecule has 2 aromatic rings. The second-order valence-corrected chi connectivity index (χ2v) is 4.50. The molecule has 0 aliphatic carbocycles. The lowest BCUT2D eigenvalue weighted by Crippen LogP contribution is -2.21. The zero-order chi connectivity index (χ0) is 16.3. The Morgan fingerprint density at radius 1 is 0.957 bits per heavy atom. The Morgan fingerprint density at radius 2 is 1.65 bits per heavy atom. The number of ether oxygens (including phenoxy) is 2. The zero-order valence-corrected chi connectivity index (χ0v) is 12.5. The third-order valence-electron chi connectivity index (χ3n) is 2.74. The molecule has 0 atom stereocenters. The van der Waals surface area contributed by atoms with E-state index in [0.717, 1.165) is 5.75 Å². The van der Waals surface area contributed by atoms with Crippen LogP contribution in [0.1, 0.15) is 5.56 Å². The number of para-hydroxylation sites is 1. The van der Waals surface area contributed by atoms with Crippen molar-refractivity contribution in [1.29, 1.82) is 5.26 Å². The van der Waals surface area contributed by atoms with E-state index in [-0.39, 0.29) is 19.0 Å². The molecule has 0 aliphatic heterocycles. The molecule has 2 rings (SSSR count). The van der Waals surface area contributed by atoms with Crippen LogP contribution in [0.25, 0.3) is 0 Å². The van der Waals surface area contributed by atoms with E-state index < -0.39 is 0 Å². The second kappa shape index (κ2) is 8.95. The summed E-state index contributed by atoms with van der Waals surface area (Å²) >= 11 is 0. The summed E-state index contributed by atoms with van der Waals surface area (Å²) in [5.74, 6) is 1.62. The fraction of sp³-hybridized carbons (Fsp3) is 0.176. The third-order valence-corrected chi connectivity index (χ3v) is 2.74.